The van der Waals surface area contributed by atoms with Crippen molar-refractivity contribution in [3.05, 3.63) is 71.4 Å². The summed E-state index contributed by atoms with van der Waals surface area (Å²) in [5.74, 6) is 0.211. The first-order chi connectivity index (χ1) is 12.3. The van der Waals surface area contributed by atoms with Crippen LogP contribution in [0.1, 0.15) is 46.9 Å². The first-order valence-electron chi connectivity index (χ1n) is 9.16. The molecule has 1 aliphatic heterocycles. The largest absolute Gasteiger partial charge is 0.358 e. The SMILES string of the molecule is Cc1[nH]c2ccccc2c1C(=O)[C@@H](c1ccccc1)N1CCCCC1. The topological polar surface area (TPSA) is 36.1 Å². The van der Waals surface area contributed by atoms with E-state index in [0.717, 1.165) is 40.8 Å². The number of aryl methyl sites for hydroxylation is 1. The van der Waals surface area contributed by atoms with E-state index in [1.807, 2.05) is 49.4 Å². The summed E-state index contributed by atoms with van der Waals surface area (Å²) >= 11 is 0. The van der Waals surface area contributed by atoms with Gasteiger partial charge in [0.15, 0.2) is 5.78 Å². The molecule has 2 heterocycles. The van der Waals surface area contributed by atoms with Crippen LogP contribution >= 0.6 is 0 Å². The summed E-state index contributed by atoms with van der Waals surface area (Å²) in [7, 11) is 0. The Labute approximate surface area is 148 Å². The maximum absolute atomic E-state index is 13.7. The Bertz CT molecular complexity index is 875. The predicted molar refractivity (Wildman–Crippen MR) is 102 cm³/mol. The number of fused-ring (bicyclic) bond motifs is 1. The highest BCUT2D eigenvalue weighted by Gasteiger charge is 2.31. The van der Waals surface area contributed by atoms with E-state index in [1.54, 1.807) is 0 Å². The Morgan fingerprint density at radius 1 is 0.960 bits per heavy atom. The number of piperidine rings is 1. The first-order valence-corrected chi connectivity index (χ1v) is 9.16. The third-order valence-corrected chi connectivity index (χ3v) is 5.26. The zero-order valence-corrected chi connectivity index (χ0v) is 14.7. The molecule has 0 radical (unpaired) electrons. The number of H-pyrrole nitrogens is 1. The van der Waals surface area contributed by atoms with Crippen LogP contribution in [0.25, 0.3) is 10.9 Å². The Morgan fingerprint density at radius 3 is 2.40 bits per heavy atom. The fraction of sp³-hybridized carbons (Fsp3) is 0.318. The number of rotatable bonds is 4. The van der Waals surface area contributed by atoms with Crippen LogP contribution in [0.5, 0.6) is 0 Å². The molecule has 1 N–H and O–H groups in total. The molecule has 3 nitrogen and oxygen atoms in total. The Morgan fingerprint density at radius 2 is 1.64 bits per heavy atom. The monoisotopic (exact) mass is 332 g/mol. The van der Waals surface area contributed by atoms with E-state index in [0.29, 0.717) is 0 Å². The van der Waals surface area contributed by atoms with E-state index in [2.05, 4.69) is 22.0 Å². The molecule has 1 fully saturated rings. The fourth-order valence-corrected chi connectivity index (χ4v) is 4.07. The summed E-state index contributed by atoms with van der Waals surface area (Å²) in [5.41, 5.74) is 3.94. The third kappa shape index (κ3) is 3.00. The van der Waals surface area contributed by atoms with Gasteiger partial charge in [-0.3, -0.25) is 9.69 Å². The second kappa shape index (κ2) is 6.85. The van der Waals surface area contributed by atoms with E-state index >= 15 is 0 Å². The summed E-state index contributed by atoms with van der Waals surface area (Å²) < 4.78 is 0. The van der Waals surface area contributed by atoms with E-state index in [-0.39, 0.29) is 11.8 Å². The van der Waals surface area contributed by atoms with Gasteiger partial charge in [-0.1, -0.05) is 55.0 Å². The number of likely N-dealkylation sites (tertiary alicyclic amines) is 1. The van der Waals surface area contributed by atoms with Gasteiger partial charge in [0.2, 0.25) is 0 Å². The second-order valence-corrected chi connectivity index (χ2v) is 6.94. The summed E-state index contributed by atoms with van der Waals surface area (Å²) in [5, 5.41) is 1.03. The highest BCUT2D eigenvalue weighted by Crippen LogP contribution is 2.32. The lowest BCUT2D eigenvalue weighted by molar-refractivity contribution is 0.0784. The van der Waals surface area contributed by atoms with Crippen molar-refractivity contribution < 1.29 is 4.79 Å². The number of carbonyl (C=O) groups excluding carboxylic acids is 1. The zero-order chi connectivity index (χ0) is 17.2. The quantitative estimate of drug-likeness (QED) is 0.691. The average Bonchev–Trinajstić information content (AvgIpc) is 2.99. The third-order valence-electron chi connectivity index (χ3n) is 5.26. The van der Waals surface area contributed by atoms with Crippen molar-refractivity contribution in [1.82, 2.24) is 9.88 Å². The van der Waals surface area contributed by atoms with Gasteiger partial charge in [0.05, 0.1) is 6.04 Å². The number of aromatic nitrogens is 1. The number of benzene rings is 2. The average molecular weight is 332 g/mol. The number of hydrogen-bond donors (Lipinski definition) is 1. The standard InChI is InChI=1S/C22H24N2O/c1-16-20(18-12-6-7-13-19(18)23-16)22(25)21(17-10-4-2-5-11-17)24-14-8-3-9-15-24/h2,4-7,10-13,21,23H,3,8-9,14-15H2,1H3/t21-/m1/s1. The molecule has 4 rings (SSSR count). The molecule has 0 spiro atoms. The van der Waals surface area contributed by atoms with Crippen molar-refractivity contribution in [2.24, 2.45) is 0 Å². The molecule has 0 amide bonds. The van der Waals surface area contributed by atoms with E-state index in [9.17, 15) is 4.79 Å². The zero-order valence-electron chi connectivity index (χ0n) is 14.7. The van der Waals surface area contributed by atoms with Crippen LogP contribution in [0.2, 0.25) is 0 Å². The smallest absolute Gasteiger partial charge is 0.186 e. The van der Waals surface area contributed by atoms with Crippen LogP contribution in [-0.4, -0.2) is 28.8 Å². The molecule has 25 heavy (non-hydrogen) atoms. The summed E-state index contributed by atoms with van der Waals surface area (Å²) in [6, 6.07) is 18.1. The number of nitrogens with one attached hydrogen (secondary N) is 1. The Hall–Kier alpha value is -2.39. The van der Waals surface area contributed by atoms with Crippen LogP contribution in [0.15, 0.2) is 54.6 Å². The van der Waals surface area contributed by atoms with E-state index in [4.69, 9.17) is 0 Å². The molecular weight excluding hydrogens is 308 g/mol. The van der Waals surface area contributed by atoms with Crippen molar-refractivity contribution in [3.8, 4) is 0 Å². The second-order valence-electron chi connectivity index (χ2n) is 6.94. The predicted octanol–water partition coefficient (Wildman–Crippen LogP) is 4.89. The maximum Gasteiger partial charge on any atom is 0.186 e. The summed E-state index contributed by atoms with van der Waals surface area (Å²) in [6.45, 7) is 3.99. The van der Waals surface area contributed by atoms with Gasteiger partial charge in [0.25, 0.3) is 0 Å². The van der Waals surface area contributed by atoms with Gasteiger partial charge in [-0.05, 0) is 44.5 Å². The molecule has 1 aromatic heterocycles. The number of aromatic amines is 1. The number of ketones is 1. The van der Waals surface area contributed by atoms with Crippen LogP contribution in [0, 0.1) is 6.92 Å². The normalized spacial score (nSPS) is 16.8. The minimum absolute atomic E-state index is 0.195. The number of hydrogen-bond acceptors (Lipinski definition) is 2. The van der Waals surface area contributed by atoms with Gasteiger partial charge in [-0.15, -0.1) is 0 Å². The number of nitrogens with zero attached hydrogens (tertiary/aromatic N) is 1. The van der Waals surface area contributed by atoms with Crippen LogP contribution in [-0.2, 0) is 0 Å². The molecular formula is C22H24N2O. The van der Waals surface area contributed by atoms with Gasteiger partial charge in [0, 0.05) is 22.2 Å². The van der Waals surface area contributed by atoms with Gasteiger partial charge in [-0.25, -0.2) is 0 Å². The maximum atomic E-state index is 13.7. The molecule has 0 unspecified atom stereocenters. The number of Topliss-reactive ketones (excluding diaryl/α,β-unsaturated/α-hetero) is 1. The van der Waals surface area contributed by atoms with Crippen LogP contribution in [0.4, 0.5) is 0 Å². The lowest BCUT2D eigenvalue weighted by Crippen LogP contribution is -2.38. The highest BCUT2D eigenvalue weighted by atomic mass is 16.1. The van der Waals surface area contributed by atoms with Crippen molar-refractivity contribution in [2.75, 3.05) is 13.1 Å². The lowest BCUT2D eigenvalue weighted by atomic mass is 9.92. The molecule has 0 aliphatic carbocycles. The molecule has 128 valence electrons. The minimum atomic E-state index is -0.195. The minimum Gasteiger partial charge on any atom is -0.358 e. The molecule has 0 saturated carbocycles. The van der Waals surface area contributed by atoms with Gasteiger partial charge in [0.1, 0.15) is 0 Å². The van der Waals surface area contributed by atoms with Crippen molar-refractivity contribution in [1.29, 1.82) is 0 Å². The molecule has 2 aromatic carbocycles. The van der Waals surface area contributed by atoms with Gasteiger partial charge in [-0.2, -0.15) is 0 Å². The molecule has 1 aliphatic rings. The Kier molecular flexibility index (Phi) is 4.41. The fourth-order valence-electron chi connectivity index (χ4n) is 4.07. The Balaban J connectivity index is 1.80. The molecule has 3 aromatic rings. The molecule has 1 atom stereocenters. The van der Waals surface area contributed by atoms with Crippen molar-refractivity contribution in [3.63, 3.8) is 0 Å². The van der Waals surface area contributed by atoms with Crippen molar-refractivity contribution >= 4 is 16.7 Å². The van der Waals surface area contributed by atoms with Gasteiger partial charge < -0.3 is 4.98 Å². The highest BCUT2D eigenvalue weighted by molar-refractivity contribution is 6.11. The van der Waals surface area contributed by atoms with Crippen LogP contribution in [0.3, 0.4) is 0 Å². The van der Waals surface area contributed by atoms with Crippen LogP contribution < -0.4 is 0 Å². The first kappa shape index (κ1) is 16.1. The number of carbonyl (C=O) groups is 1. The molecule has 0 bridgehead atoms. The summed E-state index contributed by atoms with van der Waals surface area (Å²) in [6.07, 6.45) is 3.60. The van der Waals surface area contributed by atoms with E-state index in [1.165, 1.54) is 19.3 Å². The van der Waals surface area contributed by atoms with E-state index < -0.39 is 0 Å². The summed E-state index contributed by atoms with van der Waals surface area (Å²) in [4.78, 5) is 19.4. The van der Waals surface area contributed by atoms with Gasteiger partial charge >= 0.3 is 0 Å². The molecule has 3 heteroatoms. The molecule has 1 saturated heterocycles. The number of para-hydroxylation sites is 1. The van der Waals surface area contributed by atoms with Crippen molar-refractivity contribution in [2.45, 2.75) is 32.2 Å². The lowest BCUT2D eigenvalue weighted by Gasteiger charge is -2.34.